The SMILES string of the molecule is CC1CCC(C(C)(C)C2CCC(C)CC2)CC1.Cc1ccc(C(C)(C)c2ccc(C)cc2)cc1.[HH].[HH]. The molecule has 0 heteroatoms. The lowest BCUT2D eigenvalue weighted by atomic mass is 9.59. The Kier molecular flexibility index (Phi) is 9.10. The first-order chi connectivity index (χ1) is 16.0. The first kappa shape index (κ1) is 27.0. The number of rotatable bonds is 4. The Bertz CT molecular complexity index is 791. The van der Waals surface area contributed by atoms with Crippen molar-refractivity contribution in [1.82, 2.24) is 0 Å². The molecule has 192 valence electrons. The van der Waals surface area contributed by atoms with Gasteiger partial charge in [-0.25, -0.2) is 0 Å². The van der Waals surface area contributed by atoms with Crippen molar-refractivity contribution in [2.24, 2.45) is 29.1 Å². The van der Waals surface area contributed by atoms with Crippen molar-refractivity contribution in [3.8, 4) is 0 Å². The molecule has 4 rings (SSSR count). The van der Waals surface area contributed by atoms with Gasteiger partial charge in [0, 0.05) is 8.27 Å². The van der Waals surface area contributed by atoms with E-state index >= 15 is 0 Å². The lowest BCUT2D eigenvalue weighted by molar-refractivity contribution is 0.0421. The van der Waals surface area contributed by atoms with Crippen LogP contribution in [0.2, 0.25) is 0 Å². The standard InChI is InChI=1S/C17H32.C17H20.2H2/c2*1-13-5-9-15(10-6-13)17(3,4)16-11-7-14(2)8-12-16;;/h13-16H,5-12H2,1-4H3;5-12H,1-4H3;2*1H. The maximum absolute atomic E-state index is 2.58. The van der Waals surface area contributed by atoms with Gasteiger partial charge in [0.05, 0.1) is 0 Å². The zero-order chi connectivity index (χ0) is 24.9. The average molecular weight is 465 g/mol. The van der Waals surface area contributed by atoms with Gasteiger partial charge in [-0.05, 0) is 79.7 Å². The van der Waals surface area contributed by atoms with E-state index in [2.05, 4.69) is 104 Å². The zero-order valence-corrected chi connectivity index (χ0v) is 23.6. The molecule has 0 unspecified atom stereocenters. The third-order valence-electron chi connectivity index (χ3n) is 9.68. The highest BCUT2D eigenvalue weighted by molar-refractivity contribution is 5.39. The molecule has 2 aliphatic carbocycles. The summed E-state index contributed by atoms with van der Waals surface area (Å²) in [6.45, 7) is 18.8. The van der Waals surface area contributed by atoms with E-state index in [1.54, 1.807) is 0 Å². The van der Waals surface area contributed by atoms with Crippen LogP contribution < -0.4 is 0 Å². The summed E-state index contributed by atoms with van der Waals surface area (Å²) in [6, 6.07) is 17.7. The monoisotopic (exact) mass is 464 g/mol. The van der Waals surface area contributed by atoms with E-state index in [-0.39, 0.29) is 8.27 Å². The topological polar surface area (TPSA) is 0 Å². The Morgan fingerprint density at radius 2 is 0.824 bits per heavy atom. The molecule has 0 atom stereocenters. The number of hydrogen-bond donors (Lipinski definition) is 0. The van der Waals surface area contributed by atoms with Gasteiger partial charge in [-0.2, -0.15) is 0 Å². The molecule has 0 saturated heterocycles. The summed E-state index contributed by atoms with van der Waals surface area (Å²) >= 11 is 0. The molecule has 2 aliphatic rings. The van der Waals surface area contributed by atoms with Gasteiger partial charge in [-0.15, -0.1) is 0 Å². The summed E-state index contributed by atoms with van der Waals surface area (Å²) in [5, 5.41) is 0. The van der Waals surface area contributed by atoms with Crippen LogP contribution in [0.1, 0.15) is 118 Å². The van der Waals surface area contributed by atoms with E-state index in [0.717, 1.165) is 23.7 Å². The van der Waals surface area contributed by atoms with Crippen molar-refractivity contribution in [2.45, 2.75) is 112 Å². The highest BCUT2D eigenvalue weighted by Crippen LogP contribution is 2.49. The van der Waals surface area contributed by atoms with E-state index in [4.69, 9.17) is 0 Å². The van der Waals surface area contributed by atoms with Crippen LogP contribution in [0.3, 0.4) is 0 Å². The Labute approximate surface area is 214 Å². The van der Waals surface area contributed by atoms with Crippen LogP contribution >= 0.6 is 0 Å². The summed E-state index contributed by atoms with van der Waals surface area (Å²) in [4.78, 5) is 0. The summed E-state index contributed by atoms with van der Waals surface area (Å²) in [6.07, 6.45) is 11.9. The fourth-order valence-corrected chi connectivity index (χ4v) is 6.45. The largest absolute Gasteiger partial charge is 0.0625 e. The highest BCUT2D eigenvalue weighted by atomic mass is 14.4. The lowest BCUT2D eigenvalue weighted by Crippen LogP contribution is -2.36. The van der Waals surface area contributed by atoms with Gasteiger partial charge in [0.25, 0.3) is 0 Å². The minimum atomic E-state index is 0. The lowest BCUT2D eigenvalue weighted by Gasteiger charge is -2.46. The molecule has 0 N–H and O–H groups in total. The van der Waals surface area contributed by atoms with E-state index < -0.39 is 0 Å². The Hall–Kier alpha value is -1.56. The van der Waals surface area contributed by atoms with Crippen molar-refractivity contribution in [3.63, 3.8) is 0 Å². The molecular weight excluding hydrogens is 408 g/mol. The first-order valence-corrected chi connectivity index (χ1v) is 14.1. The second-order valence-electron chi connectivity index (χ2n) is 13.1. The molecule has 0 nitrogen and oxygen atoms in total. The van der Waals surface area contributed by atoms with Crippen molar-refractivity contribution in [1.29, 1.82) is 0 Å². The minimum absolute atomic E-state index is 0. The van der Waals surface area contributed by atoms with E-state index in [9.17, 15) is 0 Å². The highest BCUT2D eigenvalue weighted by Gasteiger charge is 2.39. The molecule has 0 aliphatic heterocycles. The van der Waals surface area contributed by atoms with Crippen LogP contribution in [-0.2, 0) is 5.41 Å². The minimum Gasteiger partial charge on any atom is -0.0625 e. The average Bonchev–Trinajstić information content (AvgIpc) is 2.81. The van der Waals surface area contributed by atoms with Crippen molar-refractivity contribution >= 4 is 0 Å². The van der Waals surface area contributed by atoms with E-state index in [1.807, 2.05) is 0 Å². The van der Waals surface area contributed by atoms with E-state index in [1.165, 1.54) is 73.6 Å². The molecule has 0 bridgehead atoms. The van der Waals surface area contributed by atoms with Crippen LogP contribution in [0, 0.1) is 42.9 Å². The first-order valence-electron chi connectivity index (χ1n) is 14.1. The fraction of sp³-hybridized carbons (Fsp3) is 0.647. The van der Waals surface area contributed by atoms with Gasteiger partial charge in [-0.1, -0.05) is 127 Å². The smallest absolute Gasteiger partial charge is 0.0146 e. The molecule has 0 aromatic heterocycles. The number of benzene rings is 2. The fourth-order valence-electron chi connectivity index (χ4n) is 6.45. The molecule has 0 spiro atoms. The Morgan fingerprint density at radius 3 is 1.12 bits per heavy atom. The predicted molar refractivity (Wildman–Crippen MR) is 155 cm³/mol. The van der Waals surface area contributed by atoms with Crippen molar-refractivity contribution in [3.05, 3.63) is 70.8 Å². The third-order valence-corrected chi connectivity index (χ3v) is 9.68. The van der Waals surface area contributed by atoms with Gasteiger partial charge >= 0.3 is 0 Å². The van der Waals surface area contributed by atoms with Gasteiger partial charge in [0.2, 0.25) is 0 Å². The Balaban J connectivity index is 0.000000341. The Morgan fingerprint density at radius 1 is 0.529 bits per heavy atom. The maximum atomic E-state index is 2.58. The molecule has 2 aromatic rings. The maximum Gasteiger partial charge on any atom is 0.0146 e. The molecule has 0 radical (unpaired) electrons. The molecule has 2 saturated carbocycles. The second kappa shape index (κ2) is 11.5. The number of hydrogen-bond acceptors (Lipinski definition) is 0. The molecule has 0 heterocycles. The van der Waals surface area contributed by atoms with Crippen LogP contribution in [0.25, 0.3) is 0 Å². The van der Waals surface area contributed by atoms with Gasteiger partial charge < -0.3 is 0 Å². The van der Waals surface area contributed by atoms with Crippen LogP contribution in [0.4, 0.5) is 0 Å². The van der Waals surface area contributed by atoms with Crippen molar-refractivity contribution in [2.75, 3.05) is 0 Å². The molecular formula is C34H56. The molecule has 2 fully saturated rings. The van der Waals surface area contributed by atoms with Gasteiger partial charge in [-0.3, -0.25) is 0 Å². The normalized spacial score (nSPS) is 25.9. The molecule has 34 heavy (non-hydrogen) atoms. The van der Waals surface area contributed by atoms with Gasteiger partial charge in [0.1, 0.15) is 0 Å². The summed E-state index contributed by atoms with van der Waals surface area (Å²) in [5.41, 5.74) is 6.04. The summed E-state index contributed by atoms with van der Waals surface area (Å²) < 4.78 is 0. The van der Waals surface area contributed by atoms with E-state index in [0.29, 0.717) is 5.41 Å². The quantitative estimate of drug-likeness (QED) is 0.422. The van der Waals surface area contributed by atoms with Gasteiger partial charge in [0.15, 0.2) is 0 Å². The van der Waals surface area contributed by atoms with Crippen molar-refractivity contribution < 1.29 is 2.85 Å². The predicted octanol–water partition coefficient (Wildman–Crippen LogP) is 10.8. The van der Waals surface area contributed by atoms with Crippen LogP contribution in [0.15, 0.2) is 48.5 Å². The van der Waals surface area contributed by atoms with Crippen LogP contribution in [-0.4, -0.2) is 0 Å². The summed E-state index contributed by atoms with van der Waals surface area (Å²) in [5.74, 6) is 4.01. The second-order valence-corrected chi connectivity index (χ2v) is 13.1. The molecule has 0 amide bonds. The third kappa shape index (κ3) is 6.77. The number of aryl methyl sites for hydroxylation is 2. The zero-order valence-electron chi connectivity index (χ0n) is 23.6. The van der Waals surface area contributed by atoms with Crippen LogP contribution in [0.5, 0.6) is 0 Å². The molecule has 2 aromatic carbocycles. The summed E-state index contributed by atoms with van der Waals surface area (Å²) in [7, 11) is 0.